The van der Waals surface area contributed by atoms with Crippen molar-refractivity contribution in [3.8, 4) is 0 Å². The molecule has 2 aliphatic rings. The number of nitrogens with one attached hydrogen (secondary N) is 1. The normalized spacial score (nSPS) is 23.5. The number of piperidine rings is 1. The lowest BCUT2D eigenvalue weighted by Gasteiger charge is -2.33. The van der Waals surface area contributed by atoms with E-state index in [4.69, 9.17) is 4.74 Å². The first-order chi connectivity index (χ1) is 12.0. The van der Waals surface area contributed by atoms with Gasteiger partial charge in [0, 0.05) is 19.6 Å². The van der Waals surface area contributed by atoms with Gasteiger partial charge in [0.15, 0.2) is 0 Å². The van der Waals surface area contributed by atoms with E-state index in [0.29, 0.717) is 38.0 Å². The molecule has 0 aromatic rings. The summed E-state index contributed by atoms with van der Waals surface area (Å²) in [6.45, 7) is 8.85. The summed E-state index contributed by atoms with van der Waals surface area (Å²) in [5, 5.41) is 3.42. The van der Waals surface area contributed by atoms with Gasteiger partial charge in [-0.25, -0.2) is 4.79 Å². The molecule has 0 bridgehead atoms. The highest BCUT2D eigenvalue weighted by Crippen LogP contribution is 2.23. The lowest BCUT2D eigenvalue weighted by molar-refractivity contribution is -0.143. The number of halogens is 3. The van der Waals surface area contributed by atoms with E-state index < -0.39 is 18.3 Å². The zero-order chi connectivity index (χ0) is 19.4. The number of carbonyl (C=O) groups excluding carboxylic acids is 1. The number of nitrogens with zero attached hydrogens (tertiary/aromatic N) is 2. The largest absolute Gasteiger partial charge is 0.444 e. The van der Waals surface area contributed by atoms with Gasteiger partial charge in [-0.2, -0.15) is 13.2 Å². The number of rotatable bonds is 5. The van der Waals surface area contributed by atoms with Crippen LogP contribution in [0.15, 0.2) is 0 Å². The topological polar surface area (TPSA) is 44.8 Å². The molecular formula is C18H32F3N3O2. The van der Waals surface area contributed by atoms with Crippen molar-refractivity contribution in [3.05, 3.63) is 0 Å². The highest BCUT2D eigenvalue weighted by molar-refractivity contribution is 5.68. The Hall–Kier alpha value is -1.02. The van der Waals surface area contributed by atoms with Gasteiger partial charge in [-0.05, 0) is 71.5 Å². The van der Waals surface area contributed by atoms with E-state index >= 15 is 0 Å². The second-order valence-electron chi connectivity index (χ2n) is 8.57. The Morgan fingerprint density at radius 2 is 1.62 bits per heavy atom. The molecule has 0 saturated carbocycles. The summed E-state index contributed by atoms with van der Waals surface area (Å²) >= 11 is 0. The maximum Gasteiger partial charge on any atom is 0.410 e. The number of alkyl halides is 3. The fourth-order valence-corrected chi connectivity index (χ4v) is 3.61. The van der Waals surface area contributed by atoms with Gasteiger partial charge < -0.3 is 15.0 Å². The van der Waals surface area contributed by atoms with E-state index in [1.807, 2.05) is 20.8 Å². The molecule has 1 amide bonds. The molecule has 26 heavy (non-hydrogen) atoms. The molecule has 5 nitrogen and oxygen atoms in total. The Kier molecular flexibility index (Phi) is 7.19. The maximum absolute atomic E-state index is 12.4. The van der Waals surface area contributed by atoms with Crippen molar-refractivity contribution < 1.29 is 22.7 Å². The van der Waals surface area contributed by atoms with Crippen LogP contribution in [0.25, 0.3) is 0 Å². The van der Waals surface area contributed by atoms with Crippen molar-refractivity contribution in [1.29, 1.82) is 0 Å². The Bertz CT molecular complexity index is 458. The molecule has 1 N–H and O–H groups in total. The van der Waals surface area contributed by atoms with Crippen LogP contribution in [0.4, 0.5) is 18.0 Å². The van der Waals surface area contributed by atoms with Gasteiger partial charge in [0.1, 0.15) is 5.60 Å². The monoisotopic (exact) mass is 379 g/mol. The van der Waals surface area contributed by atoms with E-state index in [0.717, 1.165) is 32.4 Å². The summed E-state index contributed by atoms with van der Waals surface area (Å²) in [7, 11) is 0. The van der Waals surface area contributed by atoms with E-state index in [2.05, 4.69) is 5.32 Å². The molecule has 0 spiro atoms. The SMILES string of the molecule is CC(C)(C)OC(=O)N1CCC(CNC[C@@H]2CCN(CC(F)(F)F)C2)CC1. The molecule has 152 valence electrons. The summed E-state index contributed by atoms with van der Waals surface area (Å²) in [6.07, 6.45) is -1.68. The lowest BCUT2D eigenvalue weighted by atomic mass is 9.96. The number of carbonyl (C=O) groups is 1. The summed E-state index contributed by atoms with van der Waals surface area (Å²) in [4.78, 5) is 15.3. The predicted molar refractivity (Wildman–Crippen MR) is 94.0 cm³/mol. The first-order valence-electron chi connectivity index (χ1n) is 9.49. The fraction of sp³-hybridized carbons (Fsp3) is 0.944. The smallest absolute Gasteiger partial charge is 0.410 e. The molecule has 1 atom stereocenters. The van der Waals surface area contributed by atoms with Crippen LogP contribution in [0.5, 0.6) is 0 Å². The second kappa shape index (κ2) is 8.78. The molecular weight excluding hydrogens is 347 g/mol. The van der Waals surface area contributed by atoms with Crippen LogP contribution >= 0.6 is 0 Å². The van der Waals surface area contributed by atoms with Gasteiger partial charge in [-0.15, -0.1) is 0 Å². The van der Waals surface area contributed by atoms with Gasteiger partial charge in [0.25, 0.3) is 0 Å². The Balaban J connectivity index is 1.59. The van der Waals surface area contributed by atoms with Crippen LogP contribution < -0.4 is 5.32 Å². The van der Waals surface area contributed by atoms with Crippen molar-refractivity contribution in [1.82, 2.24) is 15.1 Å². The molecule has 2 aliphatic heterocycles. The van der Waals surface area contributed by atoms with E-state index in [1.54, 1.807) is 4.90 Å². The number of hydrogen-bond acceptors (Lipinski definition) is 4. The van der Waals surface area contributed by atoms with Crippen LogP contribution in [0.3, 0.4) is 0 Å². The zero-order valence-electron chi connectivity index (χ0n) is 16.1. The molecule has 0 aliphatic carbocycles. The fourth-order valence-electron chi connectivity index (χ4n) is 3.61. The minimum absolute atomic E-state index is 0.250. The third kappa shape index (κ3) is 7.70. The molecule has 8 heteroatoms. The third-order valence-electron chi connectivity index (χ3n) is 4.91. The minimum atomic E-state index is -4.11. The third-order valence-corrected chi connectivity index (χ3v) is 4.91. The van der Waals surface area contributed by atoms with Gasteiger partial charge in [-0.1, -0.05) is 0 Å². The maximum atomic E-state index is 12.4. The molecule has 2 heterocycles. The van der Waals surface area contributed by atoms with Gasteiger partial charge >= 0.3 is 12.3 Å². The number of likely N-dealkylation sites (tertiary alicyclic amines) is 2. The molecule has 0 aromatic carbocycles. The average Bonchev–Trinajstić information content (AvgIpc) is 2.91. The molecule has 2 saturated heterocycles. The highest BCUT2D eigenvalue weighted by Gasteiger charge is 2.34. The van der Waals surface area contributed by atoms with Crippen molar-refractivity contribution in [3.63, 3.8) is 0 Å². The van der Waals surface area contributed by atoms with Crippen LogP contribution in [-0.2, 0) is 4.74 Å². The summed E-state index contributed by atoms with van der Waals surface area (Å²) in [5.41, 5.74) is -0.475. The van der Waals surface area contributed by atoms with Crippen molar-refractivity contribution >= 4 is 6.09 Å². The zero-order valence-corrected chi connectivity index (χ0v) is 16.1. The van der Waals surface area contributed by atoms with Crippen molar-refractivity contribution in [2.24, 2.45) is 11.8 Å². The first-order valence-corrected chi connectivity index (χ1v) is 9.49. The van der Waals surface area contributed by atoms with Gasteiger partial charge in [-0.3, -0.25) is 4.90 Å². The molecule has 0 aromatic heterocycles. The van der Waals surface area contributed by atoms with Gasteiger partial charge in [0.2, 0.25) is 0 Å². The molecule has 2 fully saturated rings. The van der Waals surface area contributed by atoms with E-state index in [-0.39, 0.29) is 6.09 Å². The van der Waals surface area contributed by atoms with Crippen LogP contribution in [-0.4, -0.2) is 73.5 Å². The Morgan fingerprint density at radius 1 is 1.04 bits per heavy atom. The highest BCUT2D eigenvalue weighted by atomic mass is 19.4. The van der Waals surface area contributed by atoms with Crippen LogP contribution in [0.1, 0.15) is 40.0 Å². The quantitative estimate of drug-likeness (QED) is 0.797. The standard InChI is InChI=1S/C18H32F3N3O2/c1-17(2,3)26-16(25)24-8-5-14(6-9-24)10-22-11-15-4-7-23(12-15)13-18(19,20)21/h14-15,22H,4-13H2,1-3H3/t15-/m0/s1. The van der Waals surface area contributed by atoms with Crippen LogP contribution in [0, 0.1) is 11.8 Å². The van der Waals surface area contributed by atoms with Crippen molar-refractivity contribution in [2.45, 2.75) is 51.8 Å². The summed E-state index contributed by atoms with van der Waals surface area (Å²) in [6, 6.07) is 0. The Labute approximate surface area is 154 Å². The lowest BCUT2D eigenvalue weighted by Crippen LogP contribution is -2.43. The van der Waals surface area contributed by atoms with Crippen molar-refractivity contribution in [2.75, 3.05) is 45.8 Å². The van der Waals surface area contributed by atoms with Crippen LogP contribution in [0.2, 0.25) is 0 Å². The summed E-state index contributed by atoms with van der Waals surface area (Å²) in [5.74, 6) is 0.792. The Morgan fingerprint density at radius 3 is 2.19 bits per heavy atom. The predicted octanol–water partition coefficient (Wildman–Crippen LogP) is 3.11. The molecule has 0 radical (unpaired) electrons. The van der Waals surface area contributed by atoms with E-state index in [9.17, 15) is 18.0 Å². The van der Waals surface area contributed by atoms with E-state index in [1.165, 1.54) is 4.90 Å². The molecule has 0 unspecified atom stereocenters. The summed E-state index contributed by atoms with van der Waals surface area (Å²) < 4.78 is 42.6. The number of amides is 1. The number of hydrogen-bond donors (Lipinski definition) is 1. The number of ether oxygens (including phenoxy) is 1. The second-order valence-corrected chi connectivity index (χ2v) is 8.57. The molecule has 2 rings (SSSR count). The van der Waals surface area contributed by atoms with Gasteiger partial charge in [0.05, 0.1) is 6.54 Å². The first kappa shape index (κ1) is 21.3. The minimum Gasteiger partial charge on any atom is -0.444 e. The average molecular weight is 379 g/mol.